The van der Waals surface area contributed by atoms with Crippen molar-refractivity contribution in [3.63, 3.8) is 0 Å². The molecule has 1 heterocycles. The van der Waals surface area contributed by atoms with E-state index < -0.39 is 12.0 Å². The van der Waals surface area contributed by atoms with E-state index in [1.165, 1.54) is 18.4 Å². The Morgan fingerprint density at radius 2 is 2.12 bits per heavy atom. The first-order chi connectivity index (χ1) is 7.95. The minimum absolute atomic E-state index is 0.168. The second-order valence-corrected chi connectivity index (χ2v) is 4.80. The average molecular weight is 257 g/mol. The van der Waals surface area contributed by atoms with Gasteiger partial charge in [0.2, 0.25) is 0 Å². The second-order valence-electron chi connectivity index (χ2n) is 3.88. The zero-order chi connectivity index (χ0) is 13.0. The number of hydrogen-bond acceptors (Lipinski definition) is 4. The maximum Gasteiger partial charge on any atom is 0.326 e. The molecule has 0 aliphatic carbocycles. The molecule has 0 spiro atoms. The normalized spacial score (nSPS) is 12.2. The standard InChI is InChI=1S/C11H15NO4S/c1-6(2)9(11(14)15)12-10(13)8-4-7(16-3)5-17-8/h4-6,9H,1-3H3,(H,12,13)(H,14,15)/t9-/m0/s1. The van der Waals surface area contributed by atoms with Gasteiger partial charge in [0, 0.05) is 11.4 Å². The van der Waals surface area contributed by atoms with E-state index in [9.17, 15) is 9.59 Å². The van der Waals surface area contributed by atoms with E-state index in [1.54, 1.807) is 25.3 Å². The van der Waals surface area contributed by atoms with Crippen LogP contribution in [0.25, 0.3) is 0 Å². The Morgan fingerprint density at radius 1 is 1.47 bits per heavy atom. The number of methoxy groups -OCH3 is 1. The molecular weight excluding hydrogens is 242 g/mol. The molecule has 2 N–H and O–H groups in total. The summed E-state index contributed by atoms with van der Waals surface area (Å²) in [5.41, 5.74) is 0. The number of rotatable bonds is 5. The molecule has 0 saturated heterocycles. The van der Waals surface area contributed by atoms with Crippen LogP contribution in [-0.4, -0.2) is 30.1 Å². The molecule has 0 bridgehead atoms. The Balaban J connectivity index is 2.73. The van der Waals surface area contributed by atoms with Crippen molar-refractivity contribution in [2.24, 2.45) is 5.92 Å². The molecule has 1 aromatic rings. The van der Waals surface area contributed by atoms with Crippen LogP contribution < -0.4 is 10.1 Å². The molecule has 1 atom stereocenters. The highest BCUT2D eigenvalue weighted by Crippen LogP contribution is 2.21. The summed E-state index contributed by atoms with van der Waals surface area (Å²) >= 11 is 1.22. The molecule has 0 aromatic carbocycles. The Kier molecular flexibility index (Phi) is 4.51. The quantitative estimate of drug-likeness (QED) is 0.840. The summed E-state index contributed by atoms with van der Waals surface area (Å²) in [7, 11) is 1.51. The van der Waals surface area contributed by atoms with Gasteiger partial charge < -0.3 is 15.2 Å². The third-order valence-corrected chi connectivity index (χ3v) is 3.16. The first-order valence-electron chi connectivity index (χ1n) is 5.12. The van der Waals surface area contributed by atoms with Crippen molar-refractivity contribution < 1.29 is 19.4 Å². The van der Waals surface area contributed by atoms with E-state index >= 15 is 0 Å². The van der Waals surface area contributed by atoms with Crippen LogP contribution in [0.4, 0.5) is 0 Å². The SMILES string of the molecule is COc1csc(C(=O)N[C@H](C(=O)O)C(C)C)c1. The molecule has 0 fully saturated rings. The molecule has 0 saturated carbocycles. The lowest BCUT2D eigenvalue weighted by Crippen LogP contribution is -2.44. The molecule has 0 aliphatic heterocycles. The lowest BCUT2D eigenvalue weighted by atomic mass is 10.0. The molecule has 6 heteroatoms. The van der Waals surface area contributed by atoms with Gasteiger partial charge in [-0.25, -0.2) is 4.79 Å². The van der Waals surface area contributed by atoms with Crippen molar-refractivity contribution in [2.45, 2.75) is 19.9 Å². The molecule has 1 aromatic heterocycles. The molecule has 0 aliphatic rings. The van der Waals surface area contributed by atoms with Crippen LogP contribution in [-0.2, 0) is 4.79 Å². The Bertz CT molecular complexity index is 413. The monoisotopic (exact) mass is 257 g/mol. The number of thiophene rings is 1. The van der Waals surface area contributed by atoms with E-state index in [1.807, 2.05) is 0 Å². The number of carboxylic acids is 1. The van der Waals surface area contributed by atoms with Gasteiger partial charge >= 0.3 is 5.97 Å². The minimum atomic E-state index is -1.03. The number of hydrogen-bond donors (Lipinski definition) is 2. The fourth-order valence-electron chi connectivity index (χ4n) is 1.27. The fraction of sp³-hybridized carbons (Fsp3) is 0.455. The van der Waals surface area contributed by atoms with Crippen molar-refractivity contribution in [1.29, 1.82) is 0 Å². The summed E-state index contributed by atoms with van der Waals surface area (Å²) in [5.74, 6) is -0.994. The molecule has 5 nitrogen and oxygen atoms in total. The first-order valence-corrected chi connectivity index (χ1v) is 6.00. The van der Waals surface area contributed by atoms with Crippen molar-refractivity contribution in [2.75, 3.05) is 7.11 Å². The second kappa shape index (κ2) is 5.67. The summed E-state index contributed by atoms with van der Waals surface area (Å²) in [5, 5.41) is 13.1. The number of amides is 1. The van der Waals surface area contributed by atoms with E-state index in [0.29, 0.717) is 10.6 Å². The lowest BCUT2D eigenvalue weighted by Gasteiger charge is -2.17. The highest BCUT2D eigenvalue weighted by molar-refractivity contribution is 7.12. The fourth-order valence-corrected chi connectivity index (χ4v) is 2.03. The van der Waals surface area contributed by atoms with Crippen LogP contribution in [0.2, 0.25) is 0 Å². The van der Waals surface area contributed by atoms with Crippen LogP contribution in [0.3, 0.4) is 0 Å². The van der Waals surface area contributed by atoms with Gasteiger partial charge in [0.05, 0.1) is 12.0 Å². The van der Waals surface area contributed by atoms with E-state index in [-0.39, 0.29) is 11.8 Å². The van der Waals surface area contributed by atoms with E-state index in [2.05, 4.69) is 5.32 Å². The Labute approximate surface area is 103 Å². The topological polar surface area (TPSA) is 75.6 Å². The maximum atomic E-state index is 11.8. The number of carboxylic acid groups (broad SMARTS) is 1. The molecule has 94 valence electrons. The average Bonchev–Trinajstić information content (AvgIpc) is 2.73. The summed E-state index contributed by atoms with van der Waals surface area (Å²) < 4.78 is 4.96. The largest absolute Gasteiger partial charge is 0.496 e. The molecule has 1 rings (SSSR count). The van der Waals surface area contributed by atoms with Gasteiger partial charge in [-0.15, -0.1) is 11.3 Å². The van der Waals surface area contributed by atoms with Gasteiger partial charge in [0.25, 0.3) is 5.91 Å². The predicted octanol–water partition coefficient (Wildman–Crippen LogP) is 1.60. The van der Waals surface area contributed by atoms with Gasteiger partial charge in [-0.2, -0.15) is 0 Å². The number of nitrogens with one attached hydrogen (secondary N) is 1. The van der Waals surface area contributed by atoms with Crippen LogP contribution in [0.5, 0.6) is 5.75 Å². The summed E-state index contributed by atoms with van der Waals surface area (Å²) in [6.07, 6.45) is 0. The van der Waals surface area contributed by atoms with Gasteiger partial charge in [-0.1, -0.05) is 13.8 Å². The molecule has 0 unspecified atom stereocenters. The number of carbonyl (C=O) groups is 2. The lowest BCUT2D eigenvalue weighted by molar-refractivity contribution is -0.140. The Morgan fingerprint density at radius 3 is 2.53 bits per heavy atom. The third-order valence-electron chi connectivity index (χ3n) is 2.25. The van der Waals surface area contributed by atoms with Crippen molar-refractivity contribution in [3.8, 4) is 5.75 Å². The predicted molar refractivity (Wildman–Crippen MR) is 64.6 cm³/mol. The highest BCUT2D eigenvalue weighted by atomic mass is 32.1. The maximum absolute atomic E-state index is 11.8. The van der Waals surface area contributed by atoms with Crippen LogP contribution in [0.15, 0.2) is 11.4 Å². The van der Waals surface area contributed by atoms with Crippen molar-refractivity contribution in [3.05, 3.63) is 16.3 Å². The first kappa shape index (κ1) is 13.5. The molecule has 17 heavy (non-hydrogen) atoms. The van der Waals surface area contributed by atoms with Crippen LogP contribution >= 0.6 is 11.3 Å². The zero-order valence-electron chi connectivity index (χ0n) is 9.89. The summed E-state index contributed by atoms with van der Waals surface area (Å²) in [6.45, 7) is 3.49. The summed E-state index contributed by atoms with van der Waals surface area (Å²) in [6, 6.07) is 0.703. The minimum Gasteiger partial charge on any atom is -0.496 e. The van der Waals surface area contributed by atoms with Gasteiger partial charge in [0.15, 0.2) is 0 Å². The molecular formula is C11H15NO4S. The third kappa shape index (κ3) is 3.45. The van der Waals surface area contributed by atoms with E-state index in [0.717, 1.165) is 0 Å². The number of aliphatic carboxylic acids is 1. The van der Waals surface area contributed by atoms with Crippen LogP contribution in [0.1, 0.15) is 23.5 Å². The highest BCUT2D eigenvalue weighted by Gasteiger charge is 2.24. The summed E-state index contributed by atoms with van der Waals surface area (Å²) in [4.78, 5) is 23.1. The van der Waals surface area contributed by atoms with Crippen LogP contribution in [0, 0.1) is 5.92 Å². The van der Waals surface area contributed by atoms with Gasteiger partial charge in [-0.3, -0.25) is 4.79 Å². The number of carbonyl (C=O) groups excluding carboxylic acids is 1. The van der Waals surface area contributed by atoms with Crippen molar-refractivity contribution >= 4 is 23.2 Å². The van der Waals surface area contributed by atoms with Gasteiger partial charge in [0.1, 0.15) is 11.8 Å². The smallest absolute Gasteiger partial charge is 0.326 e. The zero-order valence-corrected chi connectivity index (χ0v) is 10.7. The molecule has 1 amide bonds. The number of ether oxygens (including phenoxy) is 1. The van der Waals surface area contributed by atoms with Crippen molar-refractivity contribution in [1.82, 2.24) is 5.32 Å². The van der Waals surface area contributed by atoms with E-state index in [4.69, 9.17) is 9.84 Å². The Hall–Kier alpha value is -1.56. The van der Waals surface area contributed by atoms with Gasteiger partial charge in [-0.05, 0) is 5.92 Å². The molecule has 0 radical (unpaired) electrons.